The largest absolute Gasteiger partial charge is 0.349 e. The van der Waals surface area contributed by atoms with Crippen LogP contribution in [-0.4, -0.2) is 30.0 Å². The third-order valence-electron chi connectivity index (χ3n) is 4.78. The minimum atomic E-state index is -1.04. The fourth-order valence-corrected chi connectivity index (χ4v) is 5.94. The lowest BCUT2D eigenvalue weighted by Gasteiger charge is -2.41. The molecule has 0 aliphatic carbocycles. The number of amides is 1. The molecule has 0 radical (unpaired) electrons. The first-order valence-corrected chi connectivity index (χ1v) is 11.7. The van der Waals surface area contributed by atoms with Crippen molar-refractivity contribution in [1.29, 1.82) is 0 Å². The highest BCUT2D eigenvalue weighted by Crippen LogP contribution is 2.29. The Kier molecular flexibility index (Phi) is 4.23. The number of hydrogen-bond donors (Lipinski definition) is 2. The molecule has 0 spiro atoms. The minimum absolute atomic E-state index is 0.166. The van der Waals surface area contributed by atoms with Gasteiger partial charge in [0.05, 0.1) is 11.2 Å². The quantitative estimate of drug-likeness (QED) is 0.626. The van der Waals surface area contributed by atoms with E-state index in [0.717, 1.165) is 12.8 Å². The summed E-state index contributed by atoms with van der Waals surface area (Å²) < 4.78 is 14.1. The zero-order valence-corrected chi connectivity index (χ0v) is 15.4. The van der Waals surface area contributed by atoms with Crippen molar-refractivity contribution in [3.05, 3.63) is 28.4 Å². The molecule has 1 saturated heterocycles. The van der Waals surface area contributed by atoms with Crippen LogP contribution in [0.5, 0.6) is 0 Å². The number of aromatic amines is 1. The van der Waals surface area contributed by atoms with Crippen molar-refractivity contribution in [3.63, 3.8) is 0 Å². The Morgan fingerprint density at radius 1 is 1.43 bits per heavy atom. The van der Waals surface area contributed by atoms with E-state index in [9.17, 15) is 9.18 Å². The first kappa shape index (κ1) is 16.5. The molecule has 2 aromatic rings. The standard InChI is InChI=1S/C16H21ClFN3OSi/c1-9-14-11(13(18)15(17)19-9)8-12(21-14)16(22)20-10-4-6-23(2,3)7-5-10/h8,10,21H,4-7H2,1-3H3,(H,20,22)/q-1. The number of nitrogens with zero attached hydrogens (tertiary/aromatic N) is 1. The van der Waals surface area contributed by atoms with Gasteiger partial charge in [0.25, 0.3) is 5.91 Å². The number of halogens is 2. The Labute approximate surface area is 140 Å². The van der Waals surface area contributed by atoms with Gasteiger partial charge in [0.2, 0.25) is 0 Å². The van der Waals surface area contributed by atoms with Gasteiger partial charge in [-0.2, -0.15) is 25.2 Å². The molecule has 0 saturated carbocycles. The van der Waals surface area contributed by atoms with Gasteiger partial charge in [-0.25, -0.2) is 9.37 Å². The first-order chi connectivity index (χ1) is 10.8. The fourth-order valence-electron chi connectivity index (χ4n) is 3.21. The second kappa shape index (κ2) is 5.91. The van der Waals surface area contributed by atoms with Crippen molar-refractivity contribution in [2.75, 3.05) is 0 Å². The highest BCUT2D eigenvalue weighted by molar-refractivity contribution is 6.77. The number of rotatable bonds is 2. The maximum Gasteiger partial charge on any atom is 0.267 e. The highest BCUT2D eigenvalue weighted by atomic mass is 35.5. The normalized spacial score (nSPS) is 18.3. The summed E-state index contributed by atoms with van der Waals surface area (Å²) in [7, 11) is -1.04. The van der Waals surface area contributed by atoms with E-state index in [1.807, 2.05) is 0 Å². The third kappa shape index (κ3) is 3.28. The second-order valence-electron chi connectivity index (χ2n) is 7.19. The summed E-state index contributed by atoms with van der Waals surface area (Å²) in [6.07, 6.45) is 2.07. The molecule has 1 aliphatic rings. The average molecular weight is 354 g/mol. The molecular formula is C16H21ClFN3OSi-. The maximum atomic E-state index is 14.1. The molecule has 2 aromatic heterocycles. The van der Waals surface area contributed by atoms with Crippen molar-refractivity contribution < 1.29 is 9.18 Å². The molecule has 125 valence electrons. The lowest BCUT2D eigenvalue weighted by atomic mass is 10.1. The van der Waals surface area contributed by atoms with E-state index < -0.39 is 13.9 Å². The zero-order valence-electron chi connectivity index (χ0n) is 13.6. The first-order valence-electron chi connectivity index (χ1n) is 7.92. The van der Waals surface area contributed by atoms with Gasteiger partial charge in [-0.15, -0.1) is 8.07 Å². The van der Waals surface area contributed by atoms with Gasteiger partial charge < -0.3 is 10.3 Å². The van der Waals surface area contributed by atoms with Crippen LogP contribution in [0.4, 0.5) is 4.39 Å². The molecule has 2 N–H and O–H groups in total. The molecule has 0 bridgehead atoms. The number of H-pyrrole nitrogens is 1. The van der Waals surface area contributed by atoms with Gasteiger partial charge in [0.1, 0.15) is 5.69 Å². The monoisotopic (exact) mass is 353 g/mol. The summed E-state index contributed by atoms with van der Waals surface area (Å²) in [5.74, 6) is -0.782. The molecule has 7 heteroatoms. The van der Waals surface area contributed by atoms with Crippen LogP contribution in [0.15, 0.2) is 6.07 Å². The van der Waals surface area contributed by atoms with Gasteiger partial charge in [-0.05, 0) is 13.0 Å². The predicted molar refractivity (Wildman–Crippen MR) is 93.4 cm³/mol. The molecule has 0 unspecified atom stereocenters. The van der Waals surface area contributed by atoms with Crippen LogP contribution in [0, 0.1) is 12.7 Å². The van der Waals surface area contributed by atoms with Crippen LogP contribution >= 0.6 is 11.6 Å². The van der Waals surface area contributed by atoms with E-state index >= 15 is 0 Å². The van der Waals surface area contributed by atoms with E-state index in [-0.39, 0.29) is 17.1 Å². The number of carbonyl (C=O) groups excluding carboxylic acids is 1. The Balaban J connectivity index is 1.79. The molecular weight excluding hydrogens is 333 g/mol. The number of fused-ring (bicyclic) bond motifs is 1. The van der Waals surface area contributed by atoms with Gasteiger partial charge in [0, 0.05) is 11.4 Å². The molecule has 3 rings (SSSR count). The minimum Gasteiger partial charge on any atom is -0.349 e. The number of nitrogens with one attached hydrogen (secondary N) is 2. The maximum absolute atomic E-state index is 14.1. The van der Waals surface area contributed by atoms with Crippen LogP contribution in [0.2, 0.25) is 30.3 Å². The molecule has 4 nitrogen and oxygen atoms in total. The van der Waals surface area contributed by atoms with E-state index in [0.29, 0.717) is 22.3 Å². The number of aromatic nitrogens is 2. The summed E-state index contributed by atoms with van der Waals surface area (Å²) in [6, 6.07) is 4.19. The number of aryl methyl sites for hydroxylation is 1. The molecule has 23 heavy (non-hydrogen) atoms. The highest BCUT2D eigenvalue weighted by Gasteiger charge is 2.23. The molecule has 0 aromatic carbocycles. The molecule has 1 fully saturated rings. The van der Waals surface area contributed by atoms with Crippen molar-refractivity contribution in [1.82, 2.24) is 15.3 Å². The summed E-state index contributed by atoms with van der Waals surface area (Å²) in [5.41, 5.74) is 1.46. The van der Waals surface area contributed by atoms with Crippen LogP contribution in [0.1, 0.15) is 29.0 Å². The molecule has 0 atom stereocenters. The SMILES string of the molecule is Cc1nc(Cl)c(F)c2cc(C(=O)NC3CC[Si-](C)(C)CC3)[nH]c12. The average Bonchev–Trinajstić information content (AvgIpc) is 2.93. The van der Waals surface area contributed by atoms with Gasteiger partial charge in [-0.3, -0.25) is 4.79 Å². The van der Waals surface area contributed by atoms with Gasteiger partial charge >= 0.3 is 0 Å². The number of pyridine rings is 1. The van der Waals surface area contributed by atoms with Gasteiger partial charge in [0.15, 0.2) is 11.0 Å². The van der Waals surface area contributed by atoms with Crippen molar-refractivity contribution in [2.24, 2.45) is 0 Å². The van der Waals surface area contributed by atoms with Crippen molar-refractivity contribution >= 4 is 36.5 Å². The Bertz CT molecular complexity index is 764. The Hall–Kier alpha value is -1.40. The molecule has 3 heterocycles. The molecule has 1 aliphatic heterocycles. The van der Waals surface area contributed by atoms with Crippen LogP contribution in [0.25, 0.3) is 10.9 Å². The van der Waals surface area contributed by atoms with E-state index in [2.05, 4.69) is 28.4 Å². The van der Waals surface area contributed by atoms with Crippen LogP contribution in [0.3, 0.4) is 0 Å². The summed E-state index contributed by atoms with van der Waals surface area (Å²) >= 11 is 5.77. The van der Waals surface area contributed by atoms with E-state index in [1.54, 1.807) is 6.92 Å². The number of carbonyl (C=O) groups is 1. The summed E-state index contributed by atoms with van der Waals surface area (Å²) in [5, 5.41) is 3.21. The summed E-state index contributed by atoms with van der Waals surface area (Å²) in [4.78, 5) is 19.4. The second-order valence-corrected chi connectivity index (χ2v) is 12.9. The van der Waals surface area contributed by atoms with Gasteiger partial charge in [-0.1, -0.05) is 24.4 Å². The summed E-state index contributed by atoms with van der Waals surface area (Å²) in [6.45, 7) is 6.52. The smallest absolute Gasteiger partial charge is 0.267 e. The topological polar surface area (TPSA) is 57.8 Å². The zero-order chi connectivity index (χ0) is 16.8. The fraction of sp³-hybridized carbons (Fsp3) is 0.500. The van der Waals surface area contributed by atoms with Crippen LogP contribution < -0.4 is 5.32 Å². The van der Waals surface area contributed by atoms with Crippen molar-refractivity contribution in [3.8, 4) is 0 Å². The third-order valence-corrected chi connectivity index (χ3v) is 8.32. The Morgan fingerprint density at radius 3 is 2.74 bits per heavy atom. The van der Waals surface area contributed by atoms with E-state index in [1.165, 1.54) is 18.2 Å². The van der Waals surface area contributed by atoms with Crippen LogP contribution in [-0.2, 0) is 0 Å². The Morgan fingerprint density at radius 2 is 2.09 bits per heavy atom. The molecule has 1 amide bonds. The number of hydrogen-bond acceptors (Lipinski definition) is 2. The predicted octanol–water partition coefficient (Wildman–Crippen LogP) is 4.26. The van der Waals surface area contributed by atoms with E-state index in [4.69, 9.17) is 11.6 Å². The lowest BCUT2D eigenvalue weighted by molar-refractivity contribution is 0.0929. The lowest BCUT2D eigenvalue weighted by Crippen LogP contribution is -2.42. The van der Waals surface area contributed by atoms with Crippen molar-refractivity contribution in [2.45, 2.75) is 51.0 Å².